The lowest BCUT2D eigenvalue weighted by atomic mass is 10.0. The van der Waals surface area contributed by atoms with Crippen molar-refractivity contribution in [1.29, 1.82) is 0 Å². The Morgan fingerprint density at radius 3 is 2.82 bits per heavy atom. The molecule has 2 aliphatic rings. The van der Waals surface area contributed by atoms with Crippen molar-refractivity contribution in [1.82, 2.24) is 15.2 Å². The number of thiazole rings is 1. The molecule has 0 saturated carbocycles. The minimum Gasteiger partial charge on any atom is -0.508 e. The summed E-state index contributed by atoms with van der Waals surface area (Å²) < 4.78 is 5.50. The number of carbonyl (C=O) groups is 3. The maximum atomic E-state index is 13.5. The van der Waals surface area contributed by atoms with Crippen LogP contribution in [0.4, 0.5) is 0 Å². The van der Waals surface area contributed by atoms with E-state index in [1.54, 1.807) is 17.5 Å². The fourth-order valence-corrected chi connectivity index (χ4v) is 5.85. The summed E-state index contributed by atoms with van der Waals surface area (Å²) in [5.74, 6) is -0.765. The Kier molecular flexibility index (Phi) is 5.96. The number of aromatic hydroxyl groups is 1. The third kappa shape index (κ3) is 4.41. The van der Waals surface area contributed by atoms with Crippen LogP contribution in [0.25, 0.3) is 9.88 Å². The summed E-state index contributed by atoms with van der Waals surface area (Å²) in [5.41, 5.74) is 1.01. The number of nitrogens with zero attached hydrogens (tertiary/aromatic N) is 2. The number of aromatic nitrogens is 1. The molecule has 5 rings (SSSR count). The molecule has 0 radical (unpaired) electrons. The number of thiophene rings is 1. The van der Waals surface area contributed by atoms with Crippen molar-refractivity contribution < 1.29 is 24.2 Å². The summed E-state index contributed by atoms with van der Waals surface area (Å²) in [7, 11) is 0. The molecule has 2 saturated heterocycles. The lowest BCUT2D eigenvalue weighted by Crippen LogP contribution is -2.53. The molecule has 1 aromatic carbocycles. The first-order valence-corrected chi connectivity index (χ1v) is 12.3. The van der Waals surface area contributed by atoms with Gasteiger partial charge in [0.25, 0.3) is 5.91 Å². The van der Waals surface area contributed by atoms with Gasteiger partial charge >= 0.3 is 0 Å². The number of phenols is 1. The van der Waals surface area contributed by atoms with Crippen LogP contribution in [-0.4, -0.2) is 63.9 Å². The van der Waals surface area contributed by atoms with E-state index < -0.39 is 18.0 Å². The van der Waals surface area contributed by atoms with Crippen LogP contribution < -0.4 is 5.32 Å². The molecule has 4 heterocycles. The monoisotopic (exact) mass is 483 g/mol. The smallest absolute Gasteiger partial charge is 0.271 e. The number of rotatable bonds is 6. The van der Waals surface area contributed by atoms with E-state index in [1.165, 1.54) is 39.7 Å². The van der Waals surface area contributed by atoms with Crippen LogP contribution in [-0.2, 0) is 20.7 Å². The Bertz CT molecular complexity index is 1180. The van der Waals surface area contributed by atoms with Crippen LogP contribution in [0.5, 0.6) is 5.75 Å². The van der Waals surface area contributed by atoms with Crippen molar-refractivity contribution in [3.05, 3.63) is 58.4 Å². The Hall–Kier alpha value is -3.08. The lowest BCUT2D eigenvalue weighted by molar-refractivity contribution is -0.138. The van der Waals surface area contributed by atoms with E-state index in [4.69, 9.17) is 4.74 Å². The highest BCUT2D eigenvalue weighted by atomic mass is 32.1. The topological polar surface area (TPSA) is 109 Å². The van der Waals surface area contributed by atoms with Gasteiger partial charge in [-0.25, -0.2) is 4.98 Å². The summed E-state index contributed by atoms with van der Waals surface area (Å²) >= 11 is 2.91. The molecule has 3 atom stereocenters. The van der Waals surface area contributed by atoms with Gasteiger partial charge in [0.05, 0.1) is 11.0 Å². The molecule has 33 heavy (non-hydrogen) atoms. The van der Waals surface area contributed by atoms with Crippen LogP contribution in [0.1, 0.15) is 22.5 Å². The Morgan fingerprint density at radius 1 is 1.24 bits per heavy atom. The predicted molar refractivity (Wildman–Crippen MR) is 123 cm³/mol. The van der Waals surface area contributed by atoms with E-state index in [9.17, 15) is 19.5 Å². The van der Waals surface area contributed by atoms with Gasteiger partial charge < -0.3 is 20.1 Å². The maximum absolute atomic E-state index is 13.5. The number of ketones is 1. The Labute approximate surface area is 197 Å². The largest absolute Gasteiger partial charge is 0.508 e. The van der Waals surface area contributed by atoms with Crippen molar-refractivity contribution in [2.75, 3.05) is 13.2 Å². The molecule has 2 amide bonds. The average Bonchev–Trinajstić information content (AvgIpc) is 3.60. The Morgan fingerprint density at radius 2 is 2.06 bits per heavy atom. The van der Waals surface area contributed by atoms with Gasteiger partial charge in [-0.2, -0.15) is 0 Å². The van der Waals surface area contributed by atoms with Gasteiger partial charge in [0.15, 0.2) is 5.78 Å². The molecule has 2 N–H and O–H groups in total. The van der Waals surface area contributed by atoms with Crippen LogP contribution in [0.15, 0.2) is 47.2 Å². The Balaban J connectivity index is 1.37. The number of fused-ring (bicyclic) bond motifs is 1. The standard InChI is InChI=1S/C23H21N3O5S2/c27-14-5-3-13(4-6-14)10-15(23(30)26-8-7-18-20(26)17(28)11-31-18)24-21(29)16-12-33-22(25-16)19-2-1-9-32-19/h1-6,9,12,15,18,20,27H,7-8,10-11H2,(H,24,29). The highest BCUT2D eigenvalue weighted by Crippen LogP contribution is 2.29. The quantitative estimate of drug-likeness (QED) is 0.558. The van der Waals surface area contributed by atoms with Crippen molar-refractivity contribution in [3.63, 3.8) is 0 Å². The first kappa shape index (κ1) is 21.7. The third-order valence-electron chi connectivity index (χ3n) is 5.84. The number of likely N-dealkylation sites (tertiary alicyclic amines) is 1. The second-order valence-electron chi connectivity index (χ2n) is 7.99. The second-order valence-corrected chi connectivity index (χ2v) is 9.80. The number of carbonyl (C=O) groups excluding carboxylic acids is 3. The lowest BCUT2D eigenvalue weighted by Gasteiger charge is -2.27. The van der Waals surface area contributed by atoms with Gasteiger partial charge in [-0.1, -0.05) is 18.2 Å². The van der Waals surface area contributed by atoms with Crippen LogP contribution in [0.3, 0.4) is 0 Å². The molecule has 2 fully saturated rings. The molecule has 10 heteroatoms. The van der Waals surface area contributed by atoms with Crippen molar-refractivity contribution in [3.8, 4) is 15.6 Å². The van der Waals surface area contributed by atoms with Gasteiger partial charge in [0, 0.05) is 18.3 Å². The molecule has 8 nitrogen and oxygen atoms in total. The first-order valence-electron chi connectivity index (χ1n) is 10.5. The fraction of sp³-hybridized carbons (Fsp3) is 0.304. The summed E-state index contributed by atoms with van der Waals surface area (Å²) in [6, 6.07) is 8.85. The van der Waals surface area contributed by atoms with Gasteiger partial charge in [-0.15, -0.1) is 22.7 Å². The second kappa shape index (κ2) is 9.05. The zero-order chi connectivity index (χ0) is 22.9. The zero-order valence-electron chi connectivity index (χ0n) is 17.5. The molecule has 3 aromatic rings. The number of phenolic OH excluding ortho intramolecular Hbond substituents is 1. The number of ether oxygens (including phenoxy) is 1. The molecule has 170 valence electrons. The van der Waals surface area contributed by atoms with Gasteiger partial charge in [0.2, 0.25) is 5.91 Å². The van der Waals surface area contributed by atoms with Gasteiger partial charge in [-0.05, 0) is 35.6 Å². The molecule has 2 aromatic heterocycles. The number of amides is 2. The molecule has 3 unspecified atom stereocenters. The number of nitrogens with one attached hydrogen (secondary N) is 1. The van der Waals surface area contributed by atoms with E-state index in [1.807, 2.05) is 17.5 Å². The fourth-order valence-electron chi connectivity index (χ4n) is 4.23. The minimum absolute atomic E-state index is 0.0123. The van der Waals surface area contributed by atoms with Crippen LogP contribution in [0.2, 0.25) is 0 Å². The molecule has 0 bridgehead atoms. The highest BCUT2D eigenvalue weighted by Gasteiger charge is 2.48. The molecular formula is C23H21N3O5S2. The van der Waals surface area contributed by atoms with E-state index in [2.05, 4.69) is 10.3 Å². The van der Waals surface area contributed by atoms with E-state index >= 15 is 0 Å². The predicted octanol–water partition coefficient (Wildman–Crippen LogP) is 2.49. The third-order valence-corrected chi connectivity index (χ3v) is 7.72. The number of hydrogen-bond acceptors (Lipinski definition) is 8. The SMILES string of the molecule is O=C(NC(Cc1ccc(O)cc1)C(=O)N1CCC2OCC(=O)C21)c1csc(-c2cccs2)n1. The normalized spacial score (nSPS) is 20.6. The van der Waals surface area contributed by atoms with E-state index in [0.717, 1.165) is 15.4 Å². The van der Waals surface area contributed by atoms with Crippen molar-refractivity contribution in [2.45, 2.75) is 31.0 Å². The summed E-state index contributed by atoms with van der Waals surface area (Å²) in [6.45, 7) is 0.416. The summed E-state index contributed by atoms with van der Waals surface area (Å²) in [4.78, 5) is 45.8. The van der Waals surface area contributed by atoms with Crippen molar-refractivity contribution >= 4 is 40.3 Å². The maximum Gasteiger partial charge on any atom is 0.271 e. The van der Waals surface area contributed by atoms with E-state index in [-0.39, 0.29) is 42.3 Å². The summed E-state index contributed by atoms with van der Waals surface area (Å²) in [5, 5.41) is 16.8. The minimum atomic E-state index is -0.888. The number of hydrogen-bond donors (Lipinski definition) is 2. The zero-order valence-corrected chi connectivity index (χ0v) is 19.1. The molecule has 2 aliphatic heterocycles. The molecule has 0 spiro atoms. The number of Topliss-reactive ketones (excluding diaryl/α,β-unsaturated/α-hetero) is 1. The van der Waals surface area contributed by atoms with Crippen LogP contribution >= 0.6 is 22.7 Å². The first-order chi connectivity index (χ1) is 16.0. The summed E-state index contributed by atoms with van der Waals surface area (Å²) in [6.07, 6.45) is 0.534. The van der Waals surface area contributed by atoms with Gasteiger partial charge in [0.1, 0.15) is 35.1 Å². The number of benzene rings is 1. The van der Waals surface area contributed by atoms with Crippen LogP contribution in [0, 0.1) is 0 Å². The van der Waals surface area contributed by atoms with E-state index in [0.29, 0.717) is 13.0 Å². The van der Waals surface area contributed by atoms with Gasteiger partial charge in [-0.3, -0.25) is 14.4 Å². The highest BCUT2D eigenvalue weighted by molar-refractivity contribution is 7.20. The van der Waals surface area contributed by atoms with Crippen molar-refractivity contribution in [2.24, 2.45) is 0 Å². The average molecular weight is 484 g/mol. The molecular weight excluding hydrogens is 462 g/mol. The molecule has 0 aliphatic carbocycles.